The normalized spacial score (nSPS) is 10.4. The van der Waals surface area contributed by atoms with E-state index in [9.17, 15) is 14.9 Å². The molecule has 0 saturated carbocycles. The average molecular weight is 278 g/mol. The van der Waals surface area contributed by atoms with Gasteiger partial charge in [0.05, 0.1) is 17.4 Å². The number of aromatic amines is 1. The topological polar surface area (TPSA) is 119 Å². The van der Waals surface area contributed by atoms with Crippen molar-refractivity contribution in [3.63, 3.8) is 0 Å². The number of H-pyrrole nitrogens is 1. The van der Waals surface area contributed by atoms with Gasteiger partial charge in [-0.15, -0.1) is 0 Å². The van der Waals surface area contributed by atoms with Crippen molar-refractivity contribution in [1.29, 1.82) is 0 Å². The number of carbonyl (C=O) groups is 1. The van der Waals surface area contributed by atoms with E-state index in [0.29, 0.717) is 6.54 Å². The minimum absolute atomic E-state index is 0.0331. The van der Waals surface area contributed by atoms with Gasteiger partial charge in [-0.1, -0.05) is 0 Å². The summed E-state index contributed by atoms with van der Waals surface area (Å²) in [5.41, 5.74) is 0. The molecule has 20 heavy (non-hydrogen) atoms. The smallest absolute Gasteiger partial charge is 0.358 e. The molecule has 9 heteroatoms. The van der Waals surface area contributed by atoms with Gasteiger partial charge in [0.1, 0.15) is 12.4 Å². The summed E-state index contributed by atoms with van der Waals surface area (Å²) < 4.78 is 1.24. The summed E-state index contributed by atoms with van der Waals surface area (Å²) in [6, 6.07) is 1.25. The number of imidazole rings is 1. The maximum Gasteiger partial charge on any atom is 0.389 e. The third kappa shape index (κ3) is 3.90. The van der Waals surface area contributed by atoms with Gasteiger partial charge in [-0.05, 0) is 11.3 Å². The largest absolute Gasteiger partial charge is 0.389 e. The Labute approximate surface area is 114 Å². The van der Waals surface area contributed by atoms with Crippen molar-refractivity contribution in [1.82, 2.24) is 25.1 Å². The van der Waals surface area contributed by atoms with Crippen LogP contribution in [-0.4, -0.2) is 37.1 Å². The molecule has 106 valence electrons. The van der Waals surface area contributed by atoms with E-state index >= 15 is 0 Å². The molecule has 9 nitrogen and oxygen atoms in total. The number of amides is 1. The van der Waals surface area contributed by atoms with E-state index in [-0.39, 0.29) is 18.3 Å². The first-order valence-electron chi connectivity index (χ1n) is 6.08. The summed E-state index contributed by atoms with van der Waals surface area (Å²) >= 11 is 0. The number of rotatable bonds is 7. The molecule has 2 heterocycles. The molecule has 0 bridgehead atoms. The standard InChI is InChI=1S/C11H14N6O3/c18-11(8-16-7-3-10(15-16)17(19)20)14-4-1-2-9-12-5-6-13-9/h3,5-7H,1-2,4,8H2,(H,12,13)(H,14,18). The predicted octanol–water partition coefficient (Wildman–Crippen LogP) is 0.263. The van der Waals surface area contributed by atoms with Gasteiger partial charge >= 0.3 is 5.82 Å². The molecule has 0 unspecified atom stereocenters. The number of nitrogens with zero attached hydrogens (tertiary/aromatic N) is 4. The highest BCUT2D eigenvalue weighted by Crippen LogP contribution is 2.04. The molecule has 2 aromatic heterocycles. The second-order valence-corrected chi connectivity index (χ2v) is 4.12. The lowest BCUT2D eigenvalue weighted by Crippen LogP contribution is -2.28. The molecular formula is C11H14N6O3. The molecule has 0 saturated heterocycles. The van der Waals surface area contributed by atoms with E-state index in [4.69, 9.17) is 0 Å². The Bertz CT molecular complexity index is 577. The average Bonchev–Trinajstić information content (AvgIpc) is 3.05. The molecule has 0 spiro atoms. The predicted molar refractivity (Wildman–Crippen MR) is 68.8 cm³/mol. The molecule has 0 aliphatic carbocycles. The molecule has 0 aliphatic heterocycles. The number of aromatic nitrogens is 4. The van der Waals surface area contributed by atoms with Crippen molar-refractivity contribution in [2.24, 2.45) is 0 Å². The van der Waals surface area contributed by atoms with Crippen LogP contribution in [0.5, 0.6) is 0 Å². The summed E-state index contributed by atoms with van der Waals surface area (Å²) in [7, 11) is 0. The van der Waals surface area contributed by atoms with Gasteiger partial charge < -0.3 is 20.4 Å². The van der Waals surface area contributed by atoms with Crippen LogP contribution >= 0.6 is 0 Å². The molecule has 0 fully saturated rings. The Morgan fingerprint density at radius 1 is 1.55 bits per heavy atom. The van der Waals surface area contributed by atoms with E-state index < -0.39 is 4.92 Å². The van der Waals surface area contributed by atoms with Gasteiger partial charge in [0.15, 0.2) is 0 Å². The minimum Gasteiger partial charge on any atom is -0.358 e. The van der Waals surface area contributed by atoms with Gasteiger partial charge in [0.2, 0.25) is 5.91 Å². The molecular weight excluding hydrogens is 264 g/mol. The number of carbonyl (C=O) groups excluding carboxylic acids is 1. The first-order chi connectivity index (χ1) is 9.65. The second kappa shape index (κ2) is 6.45. The zero-order valence-electron chi connectivity index (χ0n) is 10.7. The van der Waals surface area contributed by atoms with Crippen molar-refractivity contribution >= 4 is 11.7 Å². The Morgan fingerprint density at radius 2 is 2.40 bits per heavy atom. The Hall–Kier alpha value is -2.71. The van der Waals surface area contributed by atoms with Gasteiger partial charge in [0.25, 0.3) is 0 Å². The summed E-state index contributed by atoms with van der Waals surface area (Å²) in [5, 5.41) is 16.8. The van der Waals surface area contributed by atoms with E-state index in [1.54, 1.807) is 12.4 Å². The molecule has 2 rings (SSSR count). The fraction of sp³-hybridized carbons (Fsp3) is 0.364. The highest BCUT2D eigenvalue weighted by atomic mass is 16.6. The molecule has 1 amide bonds. The van der Waals surface area contributed by atoms with Crippen LogP contribution in [0.4, 0.5) is 5.82 Å². The van der Waals surface area contributed by atoms with Crippen molar-refractivity contribution in [3.05, 3.63) is 40.6 Å². The summed E-state index contributed by atoms with van der Waals surface area (Å²) in [4.78, 5) is 28.5. The van der Waals surface area contributed by atoms with Crippen molar-refractivity contribution in [3.8, 4) is 0 Å². The maximum absolute atomic E-state index is 11.6. The molecule has 0 aliphatic rings. The van der Waals surface area contributed by atoms with Crippen LogP contribution in [0.2, 0.25) is 0 Å². The molecule has 0 radical (unpaired) electrons. The lowest BCUT2D eigenvalue weighted by Gasteiger charge is -2.02. The zero-order valence-corrected chi connectivity index (χ0v) is 10.7. The number of nitrogens with one attached hydrogen (secondary N) is 2. The van der Waals surface area contributed by atoms with Crippen LogP contribution in [0.15, 0.2) is 24.7 Å². The van der Waals surface area contributed by atoms with E-state index in [1.165, 1.54) is 16.9 Å². The summed E-state index contributed by atoms with van der Waals surface area (Å²) in [6.45, 7) is 0.484. The molecule has 0 aromatic carbocycles. The quantitative estimate of drug-likeness (QED) is 0.428. The third-order valence-corrected chi connectivity index (χ3v) is 2.59. The van der Waals surface area contributed by atoms with Crippen LogP contribution in [-0.2, 0) is 17.8 Å². The van der Waals surface area contributed by atoms with E-state index in [1.807, 2.05) is 0 Å². The van der Waals surface area contributed by atoms with Gasteiger partial charge in [0, 0.05) is 25.4 Å². The lowest BCUT2D eigenvalue weighted by molar-refractivity contribution is -0.389. The van der Waals surface area contributed by atoms with Crippen LogP contribution in [0.3, 0.4) is 0 Å². The highest BCUT2D eigenvalue weighted by molar-refractivity contribution is 5.75. The third-order valence-electron chi connectivity index (χ3n) is 2.59. The number of aryl methyl sites for hydroxylation is 1. The molecule has 2 aromatic rings. The van der Waals surface area contributed by atoms with Crippen LogP contribution in [0, 0.1) is 10.1 Å². The van der Waals surface area contributed by atoms with E-state index in [0.717, 1.165) is 18.7 Å². The van der Waals surface area contributed by atoms with Crippen LogP contribution in [0.1, 0.15) is 12.2 Å². The fourth-order valence-electron chi connectivity index (χ4n) is 1.66. The maximum atomic E-state index is 11.6. The number of hydrogen-bond acceptors (Lipinski definition) is 5. The summed E-state index contributed by atoms with van der Waals surface area (Å²) in [6.07, 6.45) is 6.34. The van der Waals surface area contributed by atoms with Crippen molar-refractivity contribution < 1.29 is 9.72 Å². The SMILES string of the molecule is O=C(Cn1ccc([N+](=O)[O-])n1)NCCCc1ncc[nH]1. The monoisotopic (exact) mass is 278 g/mol. The Balaban J connectivity index is 1.68. The van der Waals surface area contributed by atoms with Gasteiger partial charge in [-0.3, -0.25) is 4.79 Å². The first kappa shape index (κ1) is 13.7. The summed E-state index contributed by atoms with van der Waals surface area (Å²) in [5.74, 6) is 0.375. The highest BCUT2D eigenvalue weighted by Gasteiger charge is 2.12. The van der Waals surface area contributed by atoms with Crippen molar-refractivity contribution in [2.75, 3.05) is 6.54 Å². The fourth-order valence-corrected chi connectivity index (χ4v) is 1.66. The van der Waals surface area contributed by atoms with Gasteiger partial charge in [-0.25, -0.2) is 4.98 Å². The first-order valence-corrected chi connectivity index (χ1v) is 6.08. The van der Waals surface area contributed by atoms with Crippen LogP contribution in [0.25, 0.3) is 0 Å². The van der Waals surface area contributed by atoms with Gasteiger partial charge in [-0.2, -0.15) is 4.68 Å². The number of hydrogen-bond donors (Lipinski definition) is 2. The van der Waals surface area contributed by atoms with Crippen molar-refractivity contribution in [2.45, 2.75) is 19.4 Å². The lowest BCUT2D eigenvalue weighted by atomic mass is 10.3. The Morgan fingerprint density at radius 3 is 3.05 bits per heavy atom. The second-order valence-electron chi connectivity index (χ2n) is 4.12. The van der Waals surface area contributed by atoms with Crippen LogP contribution < -0.4 is 5.32 Å². The molecule has 0 atom stereocenters. The van der Waals surface area contributed by atoms with E-state index in [2.05, 4.69) is 20.4 Å². The number of nitro groups is 1. The Kier molecular flexibility index (Phi) is 4.43. The zero-order chi connectivity index (χ0) is 14.4. The minimum atomic E-state index is -0.599. The molecule has 2 N–H and O–H groups in total.